The molecule has 21 heavy (non-hydrogen) atoms. The molecule has 2 rings (SSSR count). The number of hydrogen-bond acceptors (Lipinski definition) is 4. The van der Waals surface area contributed by atoms with E-state index in [0.717, 1.165) is 38.2 Å². The Labute approximate surface area is 130 Å². The maximum absolute atomic E-state index is 12.0. The average Bonchev–Trinajstić information content (AvgIpc) is 2.85. The van der Waals surface area contributed by atoms with E-state index >= 15 is 0 Å². The number of ether oxygens (including phenoxy) is 1. The average molecular weight is 315 g/mol. The van der Waals surface area contributed by atoms with E-state index < -0.39 is 5.60 Å². The Kier molecular flexibility index (Phi) is 5.08. The van der Waals surface area contributed by atoms with Crippen LogP contribution < -0.4 is 0 Å². The fourth-order valence-electron chi connectivity index (χ4n) is 2.38. The lowest BCUT2D eigenvalue weighted by Gasteiger charge is -2.33. The SMILES string of the molecule is CC(C)(C)OC(=O)N1CCC(Cn2cc(CCl)nn2)CC1. The lowest BCUT2D eigenvalue weighted by molar-refractivity contribution is 0.0177. The predicted molar refractivity (Wildman–Crippen MR) is 80.1 cm³/mol. The fourth-order valence-corrected chi connectivity index (χ4v) is 2.50. The lowest BCUT2D eigenvalue weighted by Crippen LogP contribution is -2.42. The summed E-state index contributed by atoms with van der Waals surface area (Å²) in [5.41, 5.74) is 0.356. The van der Waals surface area contributed by atoms with Crippen LogP contribution in [0.4, 0.5) is 4.79 Å². The Balaban J connectivity index is 1.79. The smallest absolute Gasteiger partial charge is 0.410 e. The van der Waals surface area contributed by atoms with E-state index in [-0.39, 0.29) is 6.09 Å². The van der Waals surface area contributed by atoms with Crippen LogP contribution in [0.25, 0.3) is 0 Å². The second-order valence-electron chi connectivity index (χ2n) is 6.48. The maximum Gasteiger partial charge on any atom is 0.410 e. The first-order chi connectivity index (χ1) is 9.87. The van der Waals surface area contributed by atoms with Gasteiger partial charge in [0, 0.05) is 25.8 Å². The minimum atomic E-state index is -0.438. The molecule has 0 radical (unpaired) electrons. The molecule has 0 aromatic carbocycles. The topological polar surface area (TPSA) is 60.2 Å². The van der Waals surface area contributed by atoms with Crippen molar-refractivity contribution >= 4 is 17.7 Å². The van der Waals surface area contributed by atoms with Crippen molar-refractivity contribution in [3.8, 4) is 0 Å². The summed E-state index contributed by atoms with van der Waals surface area (Å²) in [5.74, 6) is 0.894. The van der Waals surface area contributed by atoms with Crippen molar-refractivity contribution in [3.63, 3.8) is 0 Å². The molecule has 1 amide bonds. The number of piperidine rings is 1. The molecule has 1 aromatic rings. The van der Waals surface area contributed by atoms with Crippen molar-refractivity contribution in [1.82, 2.24) is 19.9 Å². The molecule has 1 aliphatic rings. The molecule has 1 aliphatic heterocycles. The van der Waals surface area contributed by atoms with Crippen LogP contribution in [-0.4, -0.2) is 44.7 Å². The van der Waals surface area contributed by atoms with Gasteiger partial charge < -0.3 is 9.64 Å². The van der Waals surface area contributed by atoms with Crippen LogP contribution in [0.15, 0.2) is 6.20 Å². The number of halogens is 1. The van der Waals surface area contributed by atoms with Gasteiger partial charge in [0.1, 0.15) is 5.60 Å². The molecule has 1 fully saturated rings. The summed E-state index contributed by atoms with van der Waals surface area (Å²) >= 11 is 5.72. The molecule has 118 valence electrons. The van der Waals surface area contributed by atoms with E-state index in [2.05, 4.69) is 10.3 Å². The first-order valence-corrected chi connectivity index (χ1v) is 7.84. The third kappa shape index (κ3) is 4.88. The van der Waals surface area contributed by atoms with E-state index in [1.807, 2.05) is 31.6 Å². The molecule has 6 nitrogen and oxygen atoms in total. The molecule has 0 bridgehead atoms. The zero-order valence-corrected chi connectivity index (χ0v) is 13.6. The van der Waals surface area contributed by atoms with Gasteiger partial charge in [0.2, 0.25) is 0 Å². The lowest BCUT2D eigenvalue weighted by atomic mass is 9.97. The van der Waals surface area contributed by atoms with Crippen molar-refractivity contribution < 1.29 is 9.53 Å². The van der Waals surface area contributed by atoms with Crippen LogP contribution in [-0.2, 0) is 17.2 Å². The number of amides is 1. The minimum Gasteiger partial charge on any atom is -0.444 e. The number of alkyl halides is 1. The summed E-state index contributed by atoms with van der Waals surface area (Å²) in [5, 5.41) is 8.04. The van der Waals surface area contributed by atoms with Crippen molar-refractivity contribution in [3.05, 3.63) is 11.9 Å². The summed E-state index contributed by atoms with van der Waals surface area (Å²) < 4.78 is 7.23. The van der Waals surface area contributed by atoms with Gasteiger partial charge in [-0.15, -0.1) is 16.7 Å². The van der Waals surface area contributed by atoms with Gasteiger partial charge in [0.15, 0.2) is 0 Å². The standard InChI is InChI=1S/C14H23ClN4O2/c1-14(2,3)21-13(20)18-6-4-11(5-7-18)9-19-10-12(8-15)16-17-19/h10-11H,4-9H2,1-3H3. The van der Waals surface area contributed by atoms with Gasteiger partial charge in [0.25, 0.3) is 0 Å². The number of aromatic nitrogens is 3. The predicted octanol–water partition coefficient (Wildman–Crippen LogP) is 2.66. The third-order valence-corrected chi connectivity index (χ3v) is 3.71. The highest BCUT2D eigenvalue weighted by molar-refractivity contribution is 6.16. The normalized spacial score (nSPS) is 17.0. The molecule has 0 unspecified atom stereocenters. The molecule has 0 saturated carbocycles. The minimum absolute atomic E-state index is 0.217. The molecule has 0 spiro atoms. The van der Waals surface area contributed by atoms with Crippen LogP contribution in [0, 0.1) is 5.92 Å². The van der Waals surface area contributed by atoms with Crippen molar-refractivity contribution in [2.75, 3.05) is 13.1 Å². The van der Waals surface area contributed by atoms with E-state index in [4.69, 9.17) is 16.3 Å². The first-order valence-electron chi connectivity index (χ1n) is 7.30. The van der Waals surface area contributed by atoms with Crippen LogP contribution in [0.5, 0.6) is 0 Å². The number of hydrogen-bond donors (Lipinski definition) is 0. The Bertz CT molecular complexity index is 476. The molecule has 0 N–H and O–H groups in total. The highest BCUT2D eigenvalue weighted by Crippen LogP contribution is 2.21. The van der Waals surface area contributed by atoms with Crippen molar-refractivity contribution in [1.29, 1.82) is 0 Å². The van der Waals surface area contributed by atoms with E-state index in [9.17, 15) is 4.79 Å². The highest BCUT2D eigenvalue weighted by Gasteiger charge is 2.27. The van der Waals surface area contributed by atoms with E-state index in [1.165, 1.54) is 0 Å². The third-order valence-electron chi connectivity index (χ3n) is 3.43. The summed E-state index contributed by atoms with van der Waals surface area (Å²) in [7, 11) is 0. The number of likely N-dealkylation sites (tertiary alicyclic amines) is 1. The largest absolute Gasteiger partial charge is 0.444 e. The van der Waals surface area contributed by atoms with Crippen LogP contribution in [0.3, 0.4) is 0 Å². The number of nitrogens with zero attached hydrogens (tertiary/aromatic N) is 4. The maximum atomic E-state index is 12.0. The van der Waals surface area contributed by atoms with Gasteiger partial charge in [-0.3, -0.25) is 4.68 Å². The second-order valence-corrected chi connectivity index (χ2v) is 6.74. The Morgan fingerprint density at radius 3 is 2.62 bits per heavy atom. The second kappa shape index (κ2) is 6.64. The van der Waals surface area contributed by atoms with Gasteiger partial charge in [0.05, 0.1) is 11.6 Å². The number of rotatable bonds is 3. The highest BCUT2D eigenvalue weighted by atomic mass is 35.5. The summed E-state index contributed by atoms with van der Waals surface area (Å²) in [6.45, 7) is 7.95. The van der Waals surface area contributed by atoms with Gasteiger partial charge in [-0.2, -0.15) is 0 Å². The zero-order valence-electron chi connectivity index (χ0n) is 12.9. The van der Waals surface area contributed by atoms with Gasteiger partial charge >= 0.3 is 6.09 Å². The summed E-state index contributed by atoms with van der Waals surface area (Å²) in [6.07, 6.45) is 3.57. The number of carbonyl (C=O) groups is 1. The van der Waals surface area contributed by atoms with Gasteiger partial charge in [-0.05, 0) is 39.5 Å². The van der Waals surface area contributed by atoms with Crippen LogP contribution in [0.2, 0.25) is 0 Å². The Morgan fingerprint density at radius 1 is 1.43 bits per heavy atom. The molecule has 0 atom stereocenters. The van der Waals surface area contributed by atoms with Crippen molar-refractivity contribution in [2.24, 2.45) is 5.92 Å². The van der Waals surface area contributed by atoms with Crippen molar-refractivity contribution in [2.45, 2.75) is 51.6 Å². The monoisotopic (exact) mass is 314 g/mol. The molecule has 1 saturated heterocycles. The quantitative estimate of drug-likeness (QED) is 0.805. The molecular weight excluding hydrogens is 292 g/mol. The summed E-state index contributed by atoms with van der Waals surface area (Å²) in [4.78, 5) is 13.8. The Hall–Kier alpha value is -1.30. The molecule has 2 heterocycles. The Morgan fingerprint density at radius 2 is 2.10 bits per heavy atom. The van der Waals surface area contributed by atoms with E-state index in [0.29, 0.717) is 11.8 Å². The molecule has 1 aromatic heterocycles. The zero-order chi connectivity index (χ0) is 15.5. The molecular formula is C14H23ClN4O2. The molecule has 7 heteroatoms. The first kappa shape index (κ1) is 16.1. The van der Waals surface area contributed by atoms with E-state index in [1.54, 1.807) is 4.90 Å². The van der Waals surface area contributed by atoms with Gasteiger partial charge in [-0.1, -0.05) is 5.21 Å². The van der Waals surface area contributed by atoms with Gasteiger partial charge in [-0.25, -0.2) is 4.79 Å². The molecule has 0 aliphatic carbocycles. The van der Waals surface area contributed by atoms with Crippen LogP contribution >= 0.6 is 11.6 Å². The fraction of sp³-hybridized carbons (Fsp3) is 0.786. The summed E-state index contributed by atoms with van der Waals surface area (Å²) in [6, 6.07) is 0. The van der Waals surface area contributed by atoms with Crippen LogP contribution in [0.1, 0.15) is 39.3 Å². The number of carbonyl (C=O) groups excluding carboxylic acids is 1.